The molecule has 196 valence electrons. The second-order valence-electron chi connectivity index (χ2n) is 8.47. The maximum atomic E-state index is 13.6. The molecule has 0 radical (unpaired) electrons. The second kappa shape index (κ2) is 12.8. The third-order valence-corrected chi connectivity index (χ3v) is 6.25. The molecule has 1 saturated heterocycles. The zero-order valence-electron chi connectivity index (χ0n) is 20.7. The Kier molecular flexibility index (Phi) is 9.24. The molecule has 11 heteroatoms. The lowest BCUT2D eigenvalue weighted by atomic mass is 10.0. The summed E-state index contributed by atoms with van der Waals surface area (Å²) >= 11 is 5.92. The fraction of sp³-hybridized carbons (Fsp3) is 0.346. The normalized spacial score (nSPS) is 15.6. The van der Waals surface area contributed by atoms with E-state index in [0.29, 0.717) is 66.3 Å². The molecular formula is C26H29ClFN5O4. The summed E-state index contributed by atoms with van der Waals surface area (Å²) < 4.78 is 29.7. The number of nitrogens with zero attached hydrogens (tertiary/aromatic N) is 3. The molecular weight excluding hydrogens is 501 g/mol. The van der Waals surface area contributed by atoms with Crippen molar-refractivity contribution in [2.45, 2.75) is 12.5 Å². The van der Waals surface area contributed by atoms with Crippen molar-refractivity contribution in [2.24, 2.45) is 0 Å². The maximum absolute atomic E-state index is 13.6. The SMILES string of the molecule is COCCOc1cc2ncnc(Nc3ccc(F)c(Cl)c3)c2cc1NC(=O)C=CCN1CC[C@H]1COC. The van der Waals surface area contributed by atoms with E-state index in [2.05, 4.69) is 25.5 Å². The summed E-state index contributed by atoms with van der Waals surface area (Å²) in [5, 5.41) is 6.65. The van der Waals surface area contributed by atoms with Crippen molar-refractivity contribution in [3.05, 3.63) is 59.7 Å². The highest BCUT2D eigenvalue weighted by atomic mass is 35.5. The largest absolute Gasteiger partial charge is 0.489 e. The van der Waals surface area contributed by atoms with Gasteiger partial charge in [0.05, 0.1) is 29.4 Å². The fourth-order valence-electron chi connectivity index (χ4n) is 3.93. The Morgan fingerprint density at radius 1 is 1.22 bits per heavy atom. The van der Waals surface area contributed by atoms with E-state index in [9.17, 15) is 9.18 Å². The van der Waals surface area contributed by atoms with Gasteiger partial charge < -0.3 is 24.8 Å². The monoisotopic (exact) mass is 529 g/mol. The van der Waals surface area contributed by atoms with Gasteiger partial charge in [-0.2, -0.15) is 0 Å². The second-order valence-corrected chi connectivity index (χ2v) is 8.87. The van der Waals surface area contributed by atoms with Gasteiger partial charge >= 0.3 is 0 Å². The third-order valence-electron chi connectivity index (χ3n) is 5.96. The Morgan fingerprint density at radius 3 is 2.81 bits per heavy atom. The van der Waals surface area contributed by atoms with Crippen LogP contribution < -0.4 is 15.4 Å². The highest BCUT2D eigenvalue weighted by Crippen LogP contribution is 2.34. The van der Waals surface area contributed by atoms with Gasteiger partial charge in [-0.25, -0.2) is 14.4 Å². The van der Waals surface area contributed by atoms with E-state index in [1.165, 1.54) is 24.5 Å². The Labute approximate surface area is 219 Å². The van der Waals surface area contributed by atoms with Crippen LogP contribution in [0.5, 0.6) is 5.75 Å². The minimum absolute atomic E-state index is 0.0105. The molecule has 1 fully saturated rings. The number of carbonyl (C=O) groups excluding carboxylic acids is 1. The number of nitrogens with one attached hydrogen (secondary N) is 2. The molecule has 2 heterocycles. The molecule has 1 aromatic heterocycles. The smallest absolute Gasteiger partial charge is 0.248 e. The van der Waals surface area contributed by atoms with Crippen molar-refractivity contribution < 1.29 is 23.4 Å². The summed E-state index contributed by atoms with van der Waals surface area (Å²) in [6, 6.07) is 8.15. The first-order valence-electron chi connectivity index (χ1n) is 11.8. The number of halogens is 2. The van der Waals surface area contributed by atoms with Crippen molar-refractivity contribution >= 4 is 45.6 Å². The number of fused-ring (bicyclic) bond motifs is 1. The quantitative estimate of drug-likeness (QED) is 0.263. The number of hydrogen-bond acceptors (Lipinski definition) is 8. The number of likely N-dealkylation sites (tertiary alicyclic amines) is 1. The van der Waals surface area contributed by atoms with Gasteiger partial charge in [-0.05, 0) is 30.7 Å². The van der Waals surface area contributed by atoms with E-state index < -0.39 is 5.82 Å². The van der Waals surface area contributed by atoms with E-state index in [1.54, 1.807) is 32.4 Å². The summed E-state index contributed by atoms with van der Waals surface area (Å²) in [6.45, 7) is 3.00. The van der Waals surface area contributed by atoms with Gasteiger partial charge in [-0.3, -0.25) is 9.69 Å². The van der Waals surface area contributed by atoms with Gasteiger partial charge in [0.1, 0.15) is 30.3 Å². The van der Waals surface area contributed by atoms with E-state index in [4.69, 9.17) is 25.8 Å². The Hall–Kier alpha value is -3.31. The first-order valence-corrected chi connectivity index (χ1v) is 12.2. The maximum Gasteiger partial charge on any atom is 0.248 e. The van der Waals surface area contributed by atoms with Crippen LogP contribution in [-0.2, 0) is 14.3 Å². The number of benzene rings is 2. The van der Waals surface area contributed by atoms with E-state index in [0.717, 1.165) is 13.0 Å². The molecule has 0 unspecified atom stereocenters. The van der Waals surface area contributed by atoms with Crippen LogP contribution in [0.25, 0.3) is 10.9 Å². The number of amides is 1. The zero-order chi connectivity index (χ0) is 26.2. The summed E-state index contributed by atoms with van der Waals surface area (Å²) in [6.07, 6.45) is 5.84. The Morgan fingerprint density at radius 2 is 2.08 bits per heavy atom. The highest BCUT2D eigenvalue weighted by molar-refractivity contribution is 6.31. The molecule has 2 aromatic carbocycles. The summed E-state index contributed by atoms with van der Waals surface area (Å²) in [5.41, 5.74) is 1.60. The van der Waals surface area contributed by atoms with Gasteiger partial charge in [-0.1, -0.05) is 17.7 Å². The minimum Gasteiger partial charge on any atom is -0.489 e. The van der Waals surface area contributed by atoms with Crippen LogP contribution in [0.3, 0.4) is 0 Å². The minimum atomic E-state index is -0.515. The number of carbonyl (C=O) groups is 1. The first kappa shape index (κ1) is 26.7. The van der Waals surface area contributed by atoms with Crippen LogP contribution in [0, 0.1) is 5.82 Å². The summed E-state index contributed by atoms with van der Waals surface area (Å²) in [4.78, 5) is 23.7. The molecule has 1 atom stereocenters. The van der Waals surface area contributed by atoms with Crippen molar-refractivity contribution in [3.63, 3.8) is 0 Å². The standard InChI is InChI=1S/C26H29ClFN5O4/c1-35-10-11-37-24-14-22-19(26(30-16-29-22)31-17-5-6-21(28)20(27)12-17)13-23(24)32-25(34)4-3-8-33-9-7-18(33)15-36-2/h3-6,12-14,16,18H,7-11,15H2,1-2H3,(H,32,34)(H,29,30,31)/t18-/m0/s1. The molecule has 0 spiro atoms. The lowest BCUT2D eigenvalue weighted by Crippen LogP contribution is -2.50. The van der Waals surface area contributed by atoms with Gasteiger partial charge in [0, 0.05) is 56.6 Å². The molecule has 37 heavy (non-hydrogen) atoms. The van der Waals surface area contributed by atoms with Crippen molar-refractivity contribution in [1.29, 1.82) is 0 Å². The van der Waals surface area contributed by atoms with E-state index >= 15 is 0 Å². The van der Waals surface area contributed by atoms with Crippen molar-refractivity contribution in [3.8, 4) is 5.75 Å². The molecule has 0 bridgehead atoms. The van der Waals surface area contributed by atoms with Gasteiger partial charge in [-0.15, -0.1) is 0 Å². The van der Waals surface area contributed by atoms with Crippen LogP contribution in [0.4, 0.5) is 21.6 Å². The van der Waals surface area contributed by atoms with Gasteiger partial charge in [0.2, 0.25) is 5.91 Å². The number of aromatic nitrogens is 2. The summed E-state index contributed by atoms with van der Waals surface area (Å²) in [7, 11) is 3.27. The molecule has 1 aliphatic rings. The number of hydrogen-bond donors (Lipinski definition) is 2. The Bertz CT molecular complexity index is 1280. The third kappa shape index (κ3) is 6.92. The Balaban J connectivity index is 1.55. The molecule has 1 amide bonds. The predicted molar refractivity (Wildman–Crippen MR) is 141 cm³/mol. The highest BCUT2D eigenvalue weighted by Gasteiger charge is 2.26. The van der Waals surface area contributed by atoms with Crippen LogP contribution in [0.1, 0.15) is 6.42 Å². The zero-order valence-corrected chi connectivity index (χ0v) is 21.4. The molecule has 2 N–H and O–H groups in total. The number of ether oxygens (including phenoxy) is 3. The molecule has 9 nitrogen and oxygen atoms in total. The lowest BCUT2D eigenvalue weighted by molar-refractivity contribution is -0.112. The number of methoxy groups -OCH3 is 2. The van der Waals surface area contributed by atoms with E-state index in [-0.39, 0.29) is 10.9 Å². The van der Waals surface area contributed by atoms with Crippen LogP contribution in [0.15, 0.2) is 48.8 Å². The topological polar surface area (TPSA) is 97.8 Å². The fourth-order valence-corrected chi connectivity index (χ4v) is 4.11. The van der Waals surface area contributed by atoms with Crippen LogP contribution >= 0.6 is 11.6 Å². The van der Waals surface area contributed by atoms with Gasteiger partial charge in [0.15, 0.2) is 0 Å². The van der Waals surface area contributed by atoms with Crippen LogP contribution in [-0.4, -0.2) is 73.9 Å². The predicted octanol–water partition coefficient (Wildman–Crippen LogP) is 4.41. The number of anilines is 3. The first-order chi connectivity index (χ1) is 18.0. The van der Waals surface area contributed by atoms with Crippen molar-refractivity contribution in [2.75, 3.05) is 57.8 Å². The molecule has 0 saturated carbocycles. The molecule has 1 aliphatic heterocycles. The average Bonchev–Trinajstić information content (AvgIpc) is 2.87. The average molecular weight is 530 g/mol. The molecule has 0 aliphatic carbocycles. The molecule has 4 rings (SSSR count). The van der Waals surface area contributed by atoms with Gasteiger partial charge in [0.25, 0.3) is 0 Å². The van der Waals surface area contributed by atoms with Crippen molar-refractivity contribution in [1.82, 2.24) is 14.9 Å². The number of rotatable bonds is 12. The summed E-state index contributed by atoms with van der Waals surface area (Å²) in [5.74, 6) is 0.100. The van der Waals surface area contributed by atoms with E-state index in [1.807, 2.05) is 6.08 Å². The van der Waals surface area contributed by atoms with Crippen LogP contribution in [0.2, 0.25) is 5.02 Å². The lowest BCUT2D eigenvalue weighted by Gasteiger charge is -2.39. The molecule has 3 aromatic rings.